The van der Waals surface area contributed by atoms with E-state index in [1.807, 2.05) is 0 Å². The fourth-order valence-electron chi connectivity index (χ4n) is 2.57. The van der Waals surface area contributed by atoms with Gasteiger partial charge in [-0.3, -0.25) is 30.3 Å². The van der Waals surface area contributed by atoms with Gasteiger partial charge in [0, 0.05) is 10.3 Å². The Labute approximate surface area is 120 Å². The van der Waals surface area contributed by atoms with Crippen LogP contribution in [-0.2, 0) is 0 Å². The third-order valence-corrected chi connectivity index (χ3v) is 3.51. The molecule has 0 N–H and O–H groups in total. The maximum absolute atomic E-state index is 11.4. The lowest BCUT2D eigenvalue weighted by atomic mass is 9.69. The van der Waals surface area contributed by atoms with Crippen molar-refractivity contribution in [3.05, 3.63) is 53.4 Å². The molecule has 0 bridgehead atoms. The molecule has 0 spiro atoms. The van der Waals surface area contributed by atoms with Gasteiger partial charge in [-0.05, 0) is 13.8 Å². The second-order valence-corrected chi connectivity index (χ2v) is 6.49. The number of hydrogen-bond acceptors (Lipinski definition) is 6. The van der Waals surface area contributed by atoms with Gasteiger partial charge in [-0.25, -0.2) is 0 Å². The fraction of sp³-hybridized carbons (Fsp3) is 0.667. The minimum absolute atomic E-state index is 0.0689. The summed E-state index contributed by atoms with van der Waals surface area (Å²) < 4.78 is 0. The second kappa shape index (κ2) is 4.90. The molecule has 1 rings (SSSR count). The molecular weight excluding hydrogens is 282 g/mol. The summed E-state index contributed by atoms with van der Waals surface area (Å²) in [4.78, 5) is 31.5. The van der Waals surface area contributed by atoms with Crippen molar-refractivity contribution in [2.75, 3.05) is 0 Å². The van der Waals surface area contributed by atoms with Crippen molar-refractivity contribution < 1.29 is 14.8 Å². The summed E-state index contributed by atoms with van der Waals surface area (Å²) in [5.41, 5.74) is -3.43. The lowest BCUT2D eigenvalue weighted by Gasteiger charge is -2.31. The van der Waals surface area contributed by atoms with E-state index in [2.05, 4.69) is 0 Å². The fourth-order valence-corrected chi connectivity index (χ4v) is 2.57. The van der Waals surface area contributed by atoms with E-state index in [9.17, 15) is 30.3 Å². The van der Waals surface area contributed by atoms with Crippen LogP contribution < -0.4 is 0 Å². The molecule has 116 valence electrons. The first kappa shape index (κ1) is 16.7. The summed E-state index contributed by atoms with van der Waals surface area (Å²) in [6, 6.07) is -1.52. The van der Waals surface area contributed by atoms with Gasteiger partial charge in [0.25, 0.3) is 17.4 Å². The highest BCUT2D eigenvalue weighted by Gasteiger charge is 2.57. The monoisotopic (exact) mass is 299 g/mol. The summed E-state index contributed by atoms with van der Waals surface area (Å²) in [6.07, 6.45) is 0.910. The quantitative estimate of drug-likeness (QED) is 0.581. The Hall–Kier alpha value is -2.32. The zero-order valence-corrected chi connectivity index (χ0v) is 12.4. The molecular formula is C12H17N3O6. The Morgan fingerprint density at radius 1 is 1.05 bits per heavy atom. The lowest BCUT2D eigenvalue weighted by molar-refractivity contribution is -0.543. The molecule has 0 radical (unpaired) electrons. The molecule has 0 heterocycles. The largest absolute Gasteiger partial charge is 0.282 e. The molecule has 1 atom stereocenters. The highest BCUT2D eigenvalue weighted by molar-refractivity contribution is 5.40. The standard InChI is InChI=1S/C12H17N3O6/c1-11(2,3)9-7(13(16)17)6-8(14(18)19)12(4,5)10(9)15(20)21/h6,8H,1-5H3. The average Bonchev–Trinajstić information content (AvgIpc) is 2.23. The third kappa shape index (κ3) is 2.76. The molecule has 1 aliphatic rings. The molecule has 1 aliphatic carbocycles. The number of hydrogen-bond donors (Lipinski definition) is 0. The molecule has 0 aromatic rings. The summed E-state index contributed by atoms with van der Waals surface area (Å²) >= 11 is 0. The predicted molar refractivity (Wildman–Crippen MR) is 73.1 cm³/mol. The first-order chi connectivity index (χ1) is 9.31. The van der Waals surface area contributed by atoms with E-state index >= 15 is 0 Å². The second-order valence-electron chi connectivity index (χ2n) is 6.49. The van der Waals surface area contributed by atoms with Crippen molar-refractivity contribution in [3.8, 4) is 0 Å². The number of allylic oxidation sites excluding steroid dienone is 1. The lowest BCUT2D eigenvalue weighted by Crippen LogP contribution is -2.44. The van der Waals surface area contributed by atoms with Crippen LogP contribution in [0.25, 0.3) is 0 Å². The van der Waals surface area contributed by atoms with Crippen LogP contribution in [0.1, 0.15) is 34.6 Å². The van der Waals surface area contributed by atoms with E-state index in [0.29, 0.717) is 0 Å². The van der Waals surface area contributed by atoms with E-state index in [4.69, 9.17) is 0 Å². The van der Waals surface area contributed by atoms with E-state index < -0.39 is 43.0 Å². The minimum atomic E-state index is -1.52. The Morgan fingerprint density at radius 2 is 1.52 bits per heavy atom. The Balaban J connectivity index is 3.83. The van der Waals surface area contributed by atoms with Crippen LogP contribution >= 0.6 is 0 Å². The van der Waals surface area contributed by atoms with Crippen molar-refractivity contribution in [1.82, 2.24) is 0 Å². The summed E-state index contributed by atoms with van der Waals surface area (Å²) in [7, 11) is 0. The van der Waals surface area contributed by atoms with Gasteiger partial charge in [0.05, 0.1) is 15.9 Å². The minimum Gasteiger partial charge on any atom is -0.264 e. The molecule has 9 heteroatoms. The molecule has 21 heavy (non-hydrogen) atoms. The van der Waals surface area contributed by atoms with Gasteiger partial charge >= 0.3 is 0 Å². The normalized spacial score (nSPS) is 21.8. The summed E-state index contributed by atoms with van der Waals surface area (Å²) in [5.74, 6) is 0. The van der Waals surface area contributed by atoms with Gasteiger partial charge in [-0.2, -0.15) is 0 Å². The van der Waals surface area contributed by atoms with Gasteiger partial charge in [-0.1, -0.05) is 20.8 Å². The molecule has 0 aromatic heterocycles. The van der Waals surface area contributed by atoms with Crippen LogP contribution in [0.4, 0.5) is 0 Å². The van der Waals surface area contributed by atoms with Crippen LogP contribution in [0.15, 0.2) is 23.0 Å². The Bertz CT molecular complexity index is 582. The molecule has 0 amide bonds. The van der Waals surface area contributed by atoms with Crippen LogP contribution in [0.2, 0.25) is 0 Å². The van der Waals surface area contributed by atoms with E-state index in [-0.39, 0.29) is 5.57 Å². The van der Waals surface area contributed by atoms with Crippen molar-refractivity contribution in [3.63, 3.8) is 0 Å². The molecule has 0 saturated heterocycles. The van der Waals surface area contributed by atoms with Crippen LogP contribution in [0.5, 0.6) is 0 Å². The predicted octanol–water partition coefficient (Wildman–Crippen LogP) is 2.41. The van der Waals surface area contributed by atoms with E-state index in [0.717, 1.165) is 6.08 Å². The number of nitro groups is 3. The maximum atomic E-state index is 11.4. The SMILES string of the molecule is CC(C)(C)C1=C([N+](=O)[O-])C(C)(C)C([N+](=O)[O-])C=C1[N+](=O)[O-]. The highest BCUT2D eigenvalue weighted by Crippen LogP contribution is 2.47. The first-order valence-corrected chi connectivity index (χ1v) is 6.21. The van der Waals surface area contributed by atoms with Gasteiger partial charge in [0.15, 0.2) is 0 Å². The van der Waals surface area contributed by atoms with Crippen LogP contribution in [0, 0.1) is 41.2 Å². The molecule has 9 nitrogen and oxygen atoms in total. The van der Waals surface area contributed by atoms with Crippen molar-refractivity contribution in [2.24, 2.45) is 10.8 Å². The number of nitrogens with zero attached hydrogens (tertiary/aromatic N) is 3. The Morgan fingerprint density at radius 3 is 1.81 bits per heavy atom. The first-order valence-electron chi connectivity index (χ1n) is 6.21. The zero-order valence-electron chi connectivity index (χ0n) is 12.4. The third-order valence-electron chi connectivity index (χ3n) is 3.51. The van der Waals surface area contributed by atoms with Gasteiger partial charge in [0.1, 0.15) is 11.0 Å². The smallest absolute Gasteiger partial charge is 0.264 e. The zero-order chi connectivity index (χ0) is 16.7. The van der Waals surface area contributed by atoms with Crippen LogP contribution in [0.3, 0.4) is 0 Å². The summed E-state index contributed by atoms with van der Waals surface area (Å²) in [5, 5.41) is 33.8. The van der Waals surface area contributed by atoms with Crippen molar-refractivity contribution in [1.29, 1.82) is 0 Å². The van der Waals surface area contributed by atoms with Crippen molar-refractivity contribution in [2.45, 2.75) is 40.7 Å². The summed E-state index contributed by atoms with van der Waals surface area (Å²) in [6.45, 7) is 7.53. The molecule has 0 fully saturated rings. The number of rotatable bonds is 3. The van der Waals surface area contributed by atoms with Gasteiger partial charge in [0.2, 0.25) is 0 Å². The van der Waals surface area contributed by atoms with E-state index in [1.54, 1.807) is 20.8 Å². The van der Waals surface area contributed by atoms with Crippen molar-refractivity contribution >= 4 is 0 Å². The van der Waals surface area contributed by atoms with E-state index in [1.165, 1.54) is 13.8 Å². The highest BCUT2D eigenvalue weighted by atomic mass is 16.6. The van der Waals surface area contributed by atoms with Crippen LogP contribution in [-0.4, -0.2) is 20.8 Å². The molecule has 1 unspecified atom stereocenters. The molecule has 0 aromatic carbocycles. The average molecular weight is 299 g/mol. The van der Waals surface area contributed by atoms with Gasteiger partial charge in [-0.15, -0.1) is 0 Å². The molecule has 0 saturated carbocycles. The molecule has 0 aliphatic heterocycles. The van der Waals surface area contributed by atoms with Gasteiger partial charge < -0.3 is 0 Å². The maximum Gasteiger partial charge on any atom is 0.282 e. The topological polar surface area (TPSA) is 129 Å². The Kier molecular flexibility index (Phi) is 3.91.